The number of carbonyl (C=O) groups excluding carboxylic acids is 1. The predicted octanol–water partition coefficient (Wildman–Crippen LogP) is 3.73. The second-order valence-electron chi connectivity index (χ2n) is 6.27. The van der Waals surface area contributed by atoms with Crippen LogP contribution in [0.5, 0.6) is 23.0 Å². The van der Waals surface area contributed by atoms with Crippen molar-refractivity contribution in [2.24, 2.45) is 5.10 Å². The summed E-state index contributed by atoms with van der Waals surface area (Å²) in [6.07, 6.45) is 0. The second kappa shape index (κ2) is 8.52. The van der Waals surface area contributed by atoms with Gasteiger partial charge in [0.2, 0.25) is 5.75 Å². The van der Waals surface area contributed by atoms with Gasteiger partial charge in [0.1, 0.15) is 5.75 Å². The Labute approximate surface area is 168 Å². The van der Waals surface area contributed by atoms with Gasteiger partial charge >= 0.3 is 0 Å². The standard InChI is InChI=1S/C22H22N2O5/c1-13(16-11-19(27-2)21(29-4)20(12-16)28-3)23-24-22(26)17-9-14-7-5-6-8-15(14)10-18(17)25/h5-12,25H,1-4H3,(H,24,26). The van der Waals surface area contributed by atoms with Crippen LogP contribution >= 0.6 is 0 Å². The van der Waals surface area contributed by atoms with Gasteiger partial charge in [-0.3, -0.25) is 4.79 Å². The molecule has 3 aromatic carbocycles. The third-order valence-electron chi connectivity index (χ3n) is 4.52. The Balaban J connectivity index is 1.88. The summed E-state index contributed by atoms with van der Waals surface area (Å²) in [7, 11) is 4.58. The maximum Gasteiger partial charge on any atom is 0.275 e. The zero-order chi connectivity index (χ0) is 21.0. The van der Waals surface area contributed by atoms with E-state index in [0.29, 0.717) is 28.5 Å². The summed E-state index contributed by atoms with van der Waals surface area (Å²) < 4.78 is 16.0. The lowest BCUT2D eigenvalue weighted by Gasteiger charge is -2.14. The van der Waals surface area contributed by atoms with E-state index in [0.717, 1.165) is 10.8 Å². The van der Waals surface area contributed by atoms with E-state index in [1.807, 2.05) is 24.3 Å². The van der Waals surface area contributed by atoms with E-state index in [-0.39, 0.29) is 11.3 Å². The number of hydrogen-bond acceptors (Lipinski definition) is 6. The fraction of sp³-hybridized carbons (Fsp3) is 0.182. The number of ether oxygens (including phenoxy) is 3. The minimum atomic E-state index is -0.514. The highest BCUT2D eigenvalue weighted by molar-refractivity contribution is 6.04. The number of hydrogen-bond donors (Lipinski definition) is 2. The number of methoxy groups -OCH3 is 3. The first-order valence-electron chi connectivity index (χ1n) is 8.85. The van der Waals surface area contributed by atoms with Crippen LogP contribution in [0.3, 0.4) is 0 Å². The summed E-state index contributed by atoms with van der Waals surface area (Å²) in [4.78, 5) is 12.5. The SMILES string of the molecule is COc1cc(C(C)=NNC(=O)c2cc3ccccc3cc2O)cc(OC)c1OC. The van der Waals surface area contributed by atoms with Crippen molar-refractivity contribution in [3.05, 3.63) is 59.7 Å². The highest BCUT2D eigenvalue weighted by Crippen LogP contribution is 2.38. The van der Waals surface area contributed by atoms with Crippen LogP contribution in [-0.2, 0) is 0 Å². The number of phenols is 1. The molecule has 0 aliphatic rings. The van der Waals surface area contributed by atoms with E-state index >= 15 is 0 Å². The summed E-state index contributed by atoms with van der Waals surface area (Å²) in [6, 6.07) is 14.1. The zero-order valence-corrected chi connectivity index (χ0v) is 16.6. The molecule has 0 bridgehead atoms. The summed E-state index contributed by atoms with van der Waals surface area (Å²) in [5.41, 5.74) is 3.83. The van der Waals surface area contributed by atoms with E-state index in [1.165, 1.54) is 21.3 Å². The fourth-order valence-electron chi connectivity index (χ4n) is 2.96. The van der Waals surface area contributed by atoms with Crippen molar-refractivity contribution in [3.8, 4) is 23.0 Å². The third kappa shape index (κ3) is 4.08. The lowest BCUT2D eigenvalue weighted by Crippen LogP contribution is -2.19. The topological polar surface area (TPSA) is 89.4 Å². The maximum atomic E-state index is 12.5. The number of carbonyl (C=O) groups is 1. The van der Waals surface area contributed by atoms with Crippen molar-refractivity contribution in [1.29, 1.82) is 0 Å². The smallest absolute Gasteiger partial charge is 0.275 e. The Hall–Kier alpha value is -3.74. The molecule has 0 aliphatic heterocycles. The van der Waals surface area contributed by atoms with Crippen LogP contribution in [0.25, 0.3) is 10.8 Å². The Kier molecular flexibility index (Phi) is 5.87. The first-order chi connectivity index (χ1) is 14.0. The van der Waals surface area contributed by atoms with Gasteiger partial charge in [0, 0.05) is 5.56 Å². The van der Waals surface area contributed by atoms with E-state index < -0.39 is 5.91 Å². The average Bonchev–Trinajstić information content (AvgIpc) is 2.75. The minimum absolute atomic E-state index is 0.109. The first-order valence-corrected chi connectivity index (χ1v) is 8.85. The van der Waals surface area contributed by atoms with Gasteiger partial charge in [0.25, 0.3) is 5.91 Å². The Bertz CT molecular complexity index is 1070. The average molecular weight is 394 g/mol. The van der Waals surface area contributed by atoms with E-state index in [1.54, 1.807) is 31.2 Å². The van der Waals surface area contributed by atoms with Gasteiger partial charge < -0.3 is 19.3 Å². The van der Waals surface area contributed by atoms with Gasteiger partial charge in [-0.2, -0.15) is 5.10 Å². The molecule has 29 heavy (non-hydrogen) atoms. The van der Waals surface area contributed by atoms with Crippen LogP contribution < -0.4 is 19.6 Å². The molecular weight excluding hydrogens is 372 g/mol. The molecule has 1 amide bonds. The Morgan fingerprint density at radius 2 is 1.52 bits per heavy atom. The van der Waals surface area contributed by atoms with Crippen molar-refractivity contribution in [2.75, 3.05) is 21.3 Å². The highest BCUT2D eigenvalue weighted by atomic mass is 16.5. The molecule has 0 saturated carbocycles. The minimum Gasteiger partial charge on any atom is -0.507 e. The largest absolute Gasteiger partial charge is 0.507 e. The number of nitrogens with zero attached hydrogens (tertiary/aromatic N) is 1. The van der Waals surface area contributed by atoms with Gasteiger partial charge in [-0.15, -0.1) is 0 Å². The molecule has 7 heteroatoms. The normalized spacial score (nSPS) is 11.2. The highest BCUT2D eigenvalue weighted by Gasteiger charge is 2.15. The van der Waals surface area contributed by atoms with Gasteiger partial charge in [0.15, 0.2) is 11.5 Å². The monoisotopic (exact) mass is 394 g/mol. The molecule has 0 radical (unpaired) electrons. The maximum absolute atomic E-state index is 12.5. The van der Waals surface area contributed by atoms with Crippen LogP contribution in [0.2, 0.25) is 0 Å². The molecule has 0 saturated heterocycles. The lowest BCUT2D eigenvalue weighted by molar-refractivity contribution is 0.0952. The van der Waals surface area contributed by atoms with E-state index in [9.17, 15) is 9.90 Å². The third-order valence-corrected chi connectivity index (χ3v) is 4.52. The van der Waals surface area contributed by atoms with Crippen LogP contribution in [0, 0.1) is 0 Å². The number of hydrazone groups is 1. The molecule has 0 heterocycles. The van der Waals surface area contributed by atoms with Gasteiger partial charge in [-0.25, -0.2) is 5.43 Å². The molecule has 7 nitrogen and oxygen atoms in total. The molecule has 0 atom stereocenters. The summed E-state index contributed by atoms with van der Waals surface area (Å²) in [6.45, 7) is 1.74. The van der Waals surface area contributed by atoms with E-state index in [2.05, 4.69) is 10.5 Å². The molecular formula is C22H22N2O5. The number of rotatable bonds is 6. The molecule has 0 fully saturated rings. The molecule has 0 aliphatic carbocycles. The van der Waals surface area contributed by atoms with Crippen molar-refractivity contribution >= 4 is 22.4 Å². The number of amides is 1. The number of nitrogens with one attached hydrogen (secondary N) is 1. The van der Waals surface area contributed by atoms with Crippen LogP contribution in [0.15, 0.2) is 53.6 Å². The summed E-state index contributed by atoms with van der Waals surface area (Å²) >= 11 is 0. The zero-order valence-electron chi connectivity index (χ0n) is 16.6. The summed E-state index contributed by atoms with van der Waals surface area (Å²) in [5, 5.41) is 16.0. The Morgan fingerprint density at radius 3 is 2.07 bits per heavy atom. The van der Waals surface area contributed by atoms with Gasteiger partial charge in [-0.05, 0) is 42.0 Å². The molecule has 0 spiro atoms. The van der Waals surface area contributed by atoms with Crippen LogP contribution in [0.1, 0.15) is 22.8 Å². The van der Waals surface area contributed by atoms with Crippen molar-refractivity contribution < 1.29 is 24.1 Å². The van der Waals surface area contributed by atoms with Gasteiger partial charge in [-0.1, -0.05) is 24.3 Å². The number of benzene rings is 3. The first kappa shape index (κ1) is 20.0. The molecule has 150 valence electrons. The summed E-state index contributed by atoms with van der Waals surface area (Å²) in [5.74, 6) is 0.809. The van der Waals surface area contributed by atoms with Gasteiger partial charge in [0.05, 0.1) is 32.6 Å². The fourth-order valence-corrected chi connectivity index (χ4v) is 2.96. The lowest BCUT2D eigenvalue weighted by atomic mass is 10.1. The molecule has 0 unspecified atom stereocenters. The van der Waals surface area contributed by atoms with Crippen LogP contribution in [-0.4, -0.2) is 38.1 Å². The van der Waals surface area contributed by atoms with E-state index in [4.69, 9.17) is 14.2 Å². The molecule has 0 aromatic heterocycles. The number of phenolic OH excluding ortho intramolecular Hbond substituents is 1. The molecule has 3 rings (SSSR count). The van der Waals surface area contributed by atoms with Crippen molar-refractivity contribution in [1.82, 2.24) is 5.43 Å². The predicted molar refractivity (Wildman–Crippen MR) is 111 cm³/mol. The molecule has 2 N–H and O–H groups in total. The second-order valence-corrected chi connectivity index (χ2v) is 6.27. The number of fused-ring (bicyclic) bond motifs is 1. The van der Waals surface area contributed by atoms with Crippen LogP contribution in [0.4, 0.5) is 0 Å². The van der Waals surface area contributed by atoms with Crippen molar-refractivity contribution in [2.45, 2.75) is 6.92 Å². The number of aromatic hydroxyl groups is 1. The van der Waals surface area contributed by atoms with Crippen molar-refractivity contribution in [3.63, 3.8) is 0 Å². The molecule has 3 aromatic rings. The quantitative estimate of drug-likeness (QED) is 0.491. The Morgan fingerprint density at radius 1 is 0.931 bits per heavy atom.